The molecule has 0 aromatic heterocycles. The summed E-state index contributed by atoms with van der Waals surface area (Å²) in [6.45, 7) is 1.51. The van der Waals surface area contributed by atoms with Gasteiger partial charge in [-0.1, -0.05) is 0 Å². The number of carbonyl (C=O) groups excluding carboxylic acids is 1. The molecule has 0 saturated carbocycles. The van der Waals surface area contributed by atoms with E-state index >= 15 is 0 Å². The van der Waals surface area contributed by atoms with Gasteiger partial charge in [-0.15, -0.1) is 0 Å². The van der Waals surface area contributed by atoms with Crippen LogP contribution in [0.1, 0.15) is 19.8 Å². The molecule has 3 nitrogen and oxygen atoms in total. The first-order chi connectivity index (χ1) is 3.77. The Bertz CT molecular complexity index is 122. The average Bonchev–Trinajstić information content (AvgIpc) is 1.66. The van der Waals surface area contributed by atoms with Crippen molar-refractivity contribution in [2.45, 2.75) is 19.8 Å². The van der Waals surface area contributed by atoms with E-state index in [4.69, 9.17) is 5.53 Å². The molecule has 0 aliphatic heterocycles. The van der Waals surface area contributed by atoms with Gasteiger partial charge in [0.15, 0.2) is 0 Å². The molecule has 0 unspecified atom stereocenters. The fraction of sp³-hybridized carbons (Fsp3) is 0.600. The maximum absolute atomic E-state index is 10.2. The van der Waals surface area contributed by atoms with E-state index in [1.54, 1.807) is 0 Å². The van der Waals surface area contributed by atoms with Crippen molar-refractivity contribution < 1.29 is 9.58 Å². The second kappa shape index (κ2) is 4.22. The van der Waals surface area contributed by atoms with Gasteiger partial charge in [0.05, 0.1) is 0 Å². The number of rotatable bonds is 3. The van der Waals surface area contributed by atoms with Crippen LogP contribution in [0.25, 0.3) is 5.53 Å². The molecule has 0 rings (SSSR count). The van der Waals surface area contributed by atoms with Crippen LogP contribution in [0.2, 0.25) is 0 Å². The fourth-order valence-corrected chi connectivity index (χ4v) is 0.326. The number of hydrogen-bond donors (Lipinski definition) is 0. The van der Waals surface area contributed by atoms with E-state index in [-0.39, 0.29) is 5.78 Å². The first-order valence-corrected chi connectivity index (χ1v) is 2.42. The van der Waals surface area contributed by atoms with Crippen molar-refractivity contribution in [2.24, 2.45) is 0 Å². The van der Waals surface area contributed by atoms with Crippen molar-refractivity contribution in [3.8, 4) is 0 Å². The maximum atomic E-state index is 10.2. The zero-order valence-corrected chi connectivity index (χ0v) is 4.79. The van der Waals surface area contributed by atoms with Crippen LogP contribution in [0, 0.1) is 0 Å². The highest BCUT2D eigenvalue weighted by Crippen LogP contribution is 1.83. The quantitative estimate of drug-likeness (QED) is 0.300. The van der Waals surface area contributed by atoms with Crippen LogP contribution in [0.4, 0.5) is 0 Å². The SMILES string of the molecule is CC(=O)CCC=[N+]=[N-]. The summed E-state index contributed by atoms with van der Waals surface area (Å²) in [6.07, 6.45) is 2.30. The first-order valence-electron chi connectivity index (χ1n) is 2.42. The summed E-state index contributed by atoms with van der Waals surface area (Å²) in [5.74, 6) is 0.116. The molecule has 0 saturated heterocycles. The zero-order chi connectivity index (χ0) is 6.41. The topological polar surface area (TPSA) is 53.5 Å². The van der Waals surface area contributed by atoms with Gasteiger partial charge >= 0.3 is 0 Å². The minimum absolute atomic E-state index is 0.116. The molecule has 44 valence electrons. The van der Waals surface area contributed by atoms with Gasteiger partial charge in [-0.3, -0.25) is 0 Å². The lowest BCUT2D eigenvalue weighted by atomic mass is 10.2. The third kappa shape index (κ3) is 5.05. The Morgan fingerprint density at radius 1 is 1.88 bits per heavy atom. The summed E-state index contributed by atoms with van der Waals surface area (Å²) >= 11 is 0. The molecule has 0 atom stereocenters. The Hall–Kier alpha value is -0.950. The average molecular weight is 112 g/mol. The van der Waals surface area contributed by atoms with Crippen LogP contribution in [-0.4, -0.2) is 16.8 Å². The molecule has 8 heavy (non-hydrogen) atoms. The Kier molecular flexibility index (Phi) is 3.71. The molecule has 0 N–H and O–H groups in total. The van der Waals surface area contributed by atoms with Crippen LogP contribution in [0.15, 0.2) is 0 Å². The lowest BCUT2D eigenvalue weighted by Crippen LogP contribution is -1.89. The molecule has 3 heteroatoms. The Balaban J connectivity index is 3.18. The second-order valence-electron chi connectivity index (χ2n) is 1.54. The molecular formula is C5H8N2O. The van der Waals surface area contributed by atoms with Gasteiger partial charge < -0.3 is 10.3 Å². The van der Waals surface area contributed by atoms with Crippen LogP contribution < -0.4 is 0 Å². The minimum atomic E-state index is 0.116. The highest BCUT2D eigenvalue weighted by atomic mass is 16.1. The van der Waals surface area contributed by atoms with Crippen molar-refractivity contribution in [1.82, 2.24) is 0 Å². The summed E-state index contributed by atoms with van der Waals surface area (Å²) in [5.41, 5.74) is 7.84. The highest BCUT2D eigenvalue weighted by molar-refractivity contribution is 5.77. The maximum Gasteiger partial charge on any atom is 0.257 e. The predicted octanol–water partition coefficient (Wildman–Crippen LogP) is 0.656. The molecule has 0 aliphatic rings. The first kappa shape index (κ1) is 7.05. The zero-order valence-electron chi connectivity index (χ0n) is 4.79. The highest BCUT2D eigenvalue weighted by Gasteiger charge is 1.90. The molecule has 0 radical (unpaired) electrons. The van der Waals surface area contributed by atoms with Crippen molar-refractivity contribution in [2.75, 3.05) is 0 Å². The standard InChI is InChI=1S/C5H8N2O/c1-5(8)3-2-4-7-6/h4H,2-3H2,1H3. The summed E-state index contributed by atoms with van der Waals surface area (Å²) in [7, 11) is 0. The largest absolute Gasteiger partial charge is 0.362 e. The van der Waals surface area contributed by atoms with Gasteiger partial charge in [0.1, 0.15) is 5.78 Å². The van der Waals surface area contributed by atoms with E-state index in [1.165, 1.54) is 13.1 Å². The predicted molar refractivity (Wildman–Crippen MR) is 29.6 cm³/mol. The van der Waals surface area contributed by atoms with Crippen molar-refractivity contribution >= 4 is 12.0 Å². The number of Topliss-reactive ketones (excluding diaryl/α,β-unsaturated/α-hetero) is 1. The summed E-state index contributed by atoms with van der Waals surface area (Å²) in [5, 5.41) is 0. The number of carbonyl (C=O) groups is 1. The van der Waals surface area contributed by atoms with Gasteiger partial charge in [-0.25, -0.2) is 0 Å². The summed E-state index contributed by atoms with van der Waals surface area (Å²) in [6, 6.07) is 0. The van der Waals surface area contributed by atoms with Gasteiger partial charge in [0.25, 0.3) is 6.21 Å². The minimum Gasteiger partial charge on any atom is -0.362 e. The summed E-state index contributed by atoms with van der Waals surface area (Å²) < 4.78 is 0. The van der Waals surface area contributed by atoms with E-state index < -0.39 is 0 Å². The molecule has 0 aromatic rings. The fourth-order valence-electron chi connectivity index (χ4n) is 0.326. The smallest absolute Gasteiger partial charge is 0.257 e. The van der Waals surface area contributed by atoms with E-state index in [9.17, 15) is 4.79 Å². The molecule has 0 bridgehead atoms. The second-order valence-corrected chi connectivity index (χ2v) is 1.54. The molecule has 0 aromatic carbocycles. The van der Waals surface area contributed by atoms with Gasteiger partial charge in [0, 0.05) is 12.8 Å². The van der Waals surface area contributed by atoms with E-state index in [1.807, 2.05) is 0 Å². The lowest BCUT2D eigenvalue weighted by Gasteiger charge is -1.78. The van der Waals surface area contributed by atoms with Crippen molar-refractivity contribution in [3.63, 3.8) is 0 Å². The monoisotopic (exact) mass is 112 g/mol. The molecule has 0 aliphatic carbocycles. The van der Waals surface area contributed by atoms with Crippen LogP contribution in [0.3, 0.4) is 0 Å². The Labute approximate surface area is 47.9 Å². The van der Waals surface area contributed by atoms with Crippen LogP contribution >= 0.6 is 0 Å². The normalized spacial score (nSPS) is 7.62. The summed E-state index contributed by atoms with van der Waals surface area (Å²) in [4.78, 5) is 12.9. The molecule has 0 amide bonds. The van der Waals surface area contributed by atoms with Crippen molar-refractivity contribution in [1.29, 1.82) is 0 Å². The third-order valence-electron chi connectivity index (χ3n) is 0.707. The van der Waals surface area contributed by atoms with Gasteiger partial charge in [-0.2, -0.15) is 4.79 Å². The van der Waals surface area contributed by atoms with Crippen LogP contribution in [-0.2, 0) is 4.79 Å². The molecule has 0 spiro atoms. The van der Waals surface area contributed by atoms with Gasteiger partial charge in [0.2, 0.25) is 0 Å². The van der Waals surface area contributed by atoms with Gasteiger partial charge in [-0.05, 0) is 6.92 Å². The Morgan fingerprint density at radius 2 is 2.50 bits per heavy atom. The lowest BCUT2D eigenvalue weighted by molar-refractivity contribution is -0.117. The Morgan fingerprint density at radius 3 is 2.88 bits per heavy atom. The molecular weight excluding hydrogens is 104 g/mol. The van der Waals surface area contributed by atoms with E-state index in [2.05, 4.69) is 4.79 Å². The number of hydrogen-bond acceptors (Lipinski definition) is 1. The van der Waals surface area contributed by atoms with Crippen molar-refractivity contribution in [3.05, 3.63) is 5.53 Å². The third-order valence-corrected chi connectivity index (χ3v) is 0.707. The van der Waals surface area contributed by atoms with E-state index in [0.717, 1.165) is 0 Å². The number of nitrogens with zero attached hydrogens (tertiary/aromatic N) is 2. The number of ketones is 1. The van der Waals surface area contributed by atoms with Crippen LogP contribution in [0.5, 0.6) is 0 Å². The molecule has 0 heterocycles. The molecule has 0 fully saturated rings. The van der Waals surface area contributed by atoms with E-state index in [0.29, 0.717) is 12.8 Å².